The molecule has 0 fully saturated rings. The Morgan fingerprint density at radius 2 is 1.58 bits per heavy atom. The summed E-state index contributed by atoms with van der Waals surface area (Å²) in [6, 6.07) is 20.3. The van der Waals surface area contributed by atoms with Crippen molar-refractivity contribution in [2.24, 2.45) is 0 Å². The number of carbonyl (C=O) groups excluding carboxylic acids is 1. The number of rotatable bonds is 2. The summed E-state index contributed by atoms with van der Waals surface area (Å²) in [5.74, 6) is 0. The van der Waals surface area contributed by atoms with Crippen LogP contribution in [0.15, 0.2) is 60.7 Å². The Morgan fingerprint density at radius 1 is 0.842 bits per heavy atom. The van der Waals surface area contributed by atoms with Gasteiger partial charge in [0.2, 0.25) is 0 Å². The van der Waals surface area contributed by atoms with Crippen LogP contribution >= 0.6 is 22.6 Å². The van der Waals surface area contributed by atoms with Crippen molar-refractivity contribution in [1.29, 1.82) is 0 Å². The number of carbonyl (C=O) groups is 1. The highest BCUT2D eigenvalue weighted by molar-refractivity contribution is 14.1. The van der Waals surface area contributed by atoms with Gasteiger partial charge in [-0.3, -0.25) is 4.79 Å². The van der Waals surface area contributed by atoms with Crippen LogP contribution in [0.5, 0.6) is 0 Å². The second kappa shape index (κ2) is 5.13. The molecule has 0 spiro atoms. The molecule has 19 heavy (non-hydrogen) atoms. The van der Waals surface area contributed by atoms with Crippen LogP contribution in [-0.4, -0.2) is 6.29 Å². The molecule has 0 aliphatic carbocycles. The Morgan fingerprint density at radius 3 is 2.32 bits per heavy atom. The van der Waals surface area contributed by atoms with E-state index in [1.807, 2.05) is 30.3 Å². The zero-order chi connectivity index (χ0) is 13.2. The van der Waals surface area contributed by atoms with E-state index in [0.29, 0.717) is 0 Å². The molecule has 2 heteroatoms. The van der Waals surface area contributed by atoms with Crippen molar-refractivity contribution >= 4 is 39.6 Å². The topological polar surface area (TPSA) is 17.1 Å². The fourth-order valence-electron chi connectivity index (χ4n) is 2.30. The molecule has 0 atom stereocenters. The lowest BCUT2D eigenvalue weighted by Crippen LogP contribution is -1.90. The standard InChI is InChI=1S/C17H11IO/c18-14-8-5-13(6-9-14)16-10-7-12-3-1-2-4-15(12)17(16)11-19/h1-11H. The predicted octanol–water partition coefficient (Wildman–Crippen LogP) is 4.92. The van der Waals surface area contributed by atoms with Crippen molar-refractivity contribution < 1.29 is 4.79 Å². The van der Waals surface area contributed by atoms with Crippen LogP contribution in [-0.2, 0) is 0 Å². The van der Waals surface area contributed by atoms with Crippen molar-refractivity contribution in [2.45, 2.75) is 0 Å². The van der Waals surface area contributed by atoms with Gasteiger partial charge in [-0.05, 0) is 56.6 Å². The summed E-state index contributed by atoms with van der Waals surface area (Å²) in [5.41, 5.74) is 2.83. The van der Waals surface area contributed by atoms with Gasteiger partial charge in [-0.2, -0.15) is 0 Å². The molecular weight excluding hydrogens is 347 g/mol. The SMILES string of the molecule is O=Cc1c(-c2ccc(I)cc2)ccc2ccccc12. The van der Waals surface area contributed by atoms with E-state index in [4.69, 9.17) is 0 Å². The zero-order valence-corrected chi connectivity index (χ0v) is 12.3. The Bertz CT molecular complexity index is 745. The summed E-state index contributed by atoms with van der Waals surface area (Å²) in [7, 11) is 0. The molecule has 0 radical (unpaired) electrons. The molecule has 0 N–H and O–H groups in total. The summed E-state index contributed by atoms with van der Waals surface area (Å²) in [5, 5.41) is 2.10. The molecule has 3 aromatic rings. The van der Waals surface area contributed by atoms with E-state index in [1.165, 1.54) is 3.57 Å². The molecule has 0 aliphatic rings. The fraction of sp³-hybridized carbons (Fsp3) is 0. The van der Waals surface area contributed by atoms with Gasteiger partial charge in [0.15, 0.2) is 6.29 Å². The van der Waals surface area contributed by atoms with Crippen molar-refractivity contribution in [3.63, 3.8) is 0 Å². The Kier molecular flexibility index (Phi) is 3.34. The molecule has 0 bridgehead atoms. The summed E-state index contributed by atoms with van der Waals surface area (Å²) in [6.07, 6.45) is 0.954. The van der Waals surface area contributed by atoms with Gasteiger partial charge in [0.25, 0.3) is 0 Å². The summed E-state index contributed by atoms with van der Waals surface area (Å²) in [6.45, 7) is 0. The van der Waals surface area contributed by atoms with Gasteiger partial charge in [0, 0.05) is 9.13 Å². The van der Waals surface area contributed by atoms with E-state index in [1.54, 1.807) is 0 Å². The zero-order valence-electron chi connectivity index (χ0n) is 10.1. The molecule has 0 unspecified atom stereocenters. The van der Waals surface area contributed by atoms with Gasteiger partial charge >= 0.3 is 0 Å². The third-order valence-corrected chi connectivity index (χ3v) is 3.96. The van der Waals surface area contributed by atoms with Gasteiger partial charge in [-0.15, -0.1) is 0 Å². The monoisotopic (exact) mass is 358 g/mol. The van der Waals surface area contributed by atoms with E-state index in [2.05, 4.69) is 52.9 Å². The molecule has 0 aliphatic heterocycles. The number of hydrogen-bond donors (Lipinski definition) is 0. The molecular formula is C17H11IO. The van der Waals surface area contributed by atoms with Crippen LogP contribution in [0.25, 0.3) is 21.9 Å². The van der Waals surface area contributed by atoms with Gasteiger partial charge < -0.3 is 0 Å². The second-order valence-electron chi connectivity index (χ2n) is 4.37. The van der Waals surface area contributed by atoms with Crippen molar-refractivity contribution in [3.8, 4) is 11.1 Å². The first-order valence-electron chi connectivity index (χ1n) is 6.02. The molecule has 0 aromatic heterocycles. The maximum atomic E-state index is 11.5. The van der Waals surface area contributed by atoms with Crippen LogP contribution in [0, 0.1) is 3.57 Å². The molecule has 0 saturated heterocycles. The smallest absolute Gasteiger partial charge is 0.151 e. The lowest BCUT2D eigenvalue weighted by Gasteiger charge is -2.09. The molecule has 0 saturated carbocycles. The molecule has 1 nitrogen and oxygen atoms in total. The van der Waals surface area contributed by atoms with Crippen molar-refractivity contribution in [2.75, 3.05) is 0 Å². The van der Waals surface area contributed by atoms with Crippen LogP contribution in [0.4, 0.5) is 0 Å². The molecule has 0 amide bonds. The Balaban J connectivity index is 2.29. The highest BCUT2D eigenvalue weighted by atomic mass is 127. The minimum atomic E-state index is 0.763. The fourth-order valence-corrected chi connectivity index (χ4v) is 2.66. The highest BCUT2D eigenvalue weighted by Crippen LogP contribution is 2.29. The van der Waals surface area contributed by atoms with Crippen LogP contribution in [0.3, 0.4) is 0 Å². The first-order valence-corrected chi connectivity index (χ1v) is 7.10. The van der Waals surface area contributed by atoms with E-state index in [-0.39, 0.29) is 0 Å². The summed E-state index contributed by atoms with van der Waals surface area (Å²) >= 11 is 2.28. The minimum absolute atomic E-state index is 0.763. The van der Waals surface area contributed by atoms with Gasteiger partial charge in [-0.25, -0.2) is 0 Å². The van der Waals surface area contributed by atoms with E-state index < -0.39 is 0 Å². The molecule has 0 heterocycles. The van der Waals surface area contributed by atoms with Crippen molar-refractivity contribution in [1.82, 2.24) is 0 Å². The summed E-state index contributed by atoms with van der Waals surface area (Å²) < 4.78 is 1.19. The van der Waals surface area contributed by atoms with Gasteiger partial charge in [0.05, 0.1) is 0 Å². The molecule has 92 valence electrons. The number of fused-ring (bicyclic) bond motifs is 1. The third-order valence-electron chi connectivity index (χ3n) is 3.24. The van der Waals surface area contributed by atoms with Crippen LogP contribution in [0.1, 0.15) is 10.4 Å². The minimum Gasteiger partial charge on any atom is -0.298 e. The third kappa shape index (κ3) is 2.28. The average Bonchev–Trinajstić information content (AvgIpc) is 2.47. The lowest BCUT2D eigenvalue weighted by molar-refractivity contribution is 0.112. The number of aldehydes is 1. The van der Waals surface area contributed by atoms with Crippen LogP contribution in [0.2, 0.25) is 0 Å². The van der Waals surface area contributed by atoms with Gasteiger partial charge in [0.1, 0.15) is 0 Å². The van der Waals surface area contributed by atoms with Gasteiger partial charge in [-0.1, -0.05) is 48.5 Å². The number of hydrogen-bond acceptors (Lipinski definition) is 1. The first kappa shape index (κ1) is 12.4. The first-order chi connectivity index (χ1) is 9.29. The lowest BCUT2D eigenvalue weighted by atomic mass is 9.95. The molecule has 3 rings (SSSR count). The normalized spacial score (nSPS) is 10.6. The van der Waals surface area contributed by atoms with Crippen LogP contribution < -0.4 is 0 Å². The maximum Gasteiger partial charge on any atom is 0.151 e. The Labute approximate surface area is 125 Å². The average molecular weight is 358 g/mol. The van der Waals surface area contributed by atoms with E-state index in [0.717, 1.165) is 33.7 Å². The highest BCUT2D eigenvalue weighted by Gasteiger charge is 2.08. The summed E-state index contributed by atoms with van der Waals surface area (Å²) in [4.78, 5) is 11.5. The quantitative estimate of drug-likeness (QED) is 0.469. The number of halogens is 1. The van der Waals surface area contributed by atoms with Crippen molar-refractivity contribution in [3.05, 3.63) is 69.8 Å². The predicted molar refractivity (Wildman–Crippen MR) is 87.5 cm³/mol. The maximum absolute atomic E-state index is 11.5. The van der Waals surface area contributed by atoms with E-state index in [9.17, 15) is 4.79 Å². The Hall–Kier alpha value is -1.68. The number of benzene rings is 3. The van der Waals surface area contributed by atoms with E-state index >= 15 is 0 Å². The second-order valence-corrected chi connectivity index (χ2v) is 5.62. The largest absolute Gasteiger partial charge is 0.298 e. The molecule has 3 aromatic carbocycles.